The molecule has 0 spiro atoms. The number of nitrogens with one attached hydrogen (secondary N) is 1. The van der Waals surface area contributed by atoms with Crippen LogP contribution in [-0.4, -0.2) is 40.2 Å². The summed E-state index contributed by atoms with van der Waals surface area (Å²) in [5, 5.41) is 7.59. The molecule has 0 bridgehead atoms. The Balaban J connectivity index is 1.29. The van der Waals surface area contributed by atoms with Gasteiger partial charge in [-0.2, -0.15) is 5.10 Å². The Bertz CT molecular complexity index is 978. The molecule has 4 rings (SSSR count). The van der Waals surface area contributed by atoms with Gasteiger partial charge in [-0.1, -0.05) is 42.5 Å². The maximum Gasteiger partial charge on any atom is 0.251 e. The SMILES string of the molecule is Cc1nn(C)cc1CN1CCC[C@@H](CNC(=O)c2ccc(-c3ccccc3)cc2)C1. The van der Waals surface area contributed by atoms with Crippen molar-refractivity contribution in [2.75, 3.05) is 19.6 Å². The lowest BCUT2D eigenvalue weighted by molar-refractivity contribution is 0.0930. The molecular weight excluding hydrogens is 372 g/mol. The summed E-state index contributed by atoms with van der Waals surface area (Å²) in [6, 6.07) is 18.1. The minimum absolute atomic E-state index is 0.00911. The number of likely N-dealkylation sites (tertiary alicyclic amines) is 1. The lowest BCUT2D eigenvalue weighted by Gasteiger charge is -2.32. The van der Waals surface area contributed by atoms with Gasteiger partial charge in [0.25, 0.3) is 5.91 Å². The molecule has 30 heavy (non-hydrogen) atoms. The van der Waals surface area contributed by atoms with Gasteiger partial charge in [-0.15, -0.1) is 0 Å². The first kappa shape index (κ1) is 20.4. The molecule has 5 heteroatoms. The number of benzene rings is 2. The van der Waals surface area contributed by atoms with E-state index in [1.807, 2.05) is 54.2 Å². The van der Waals surface area contributed by atoms with Crippen LogP contribution in [0.1, 0.15) is 34.5 Å². The van der Waals surface area contributed by atoms with Gasteiger partial charge in [0.05, 0.1) is 5.69 Å². The zero-order valence-electron chi connectivity index (χ0n) is 17.8. The van der Waals surface area contributed by atoms with E-state index in [0.717, 1.165) is 49.4 Å². The summed E-state index contributed by atoms with van der Waals surface area (Å²) in [4.78, 5) is 15.1. The second-order valence-electron chi connectivity index (χ2n) is 8.31. The number of carbonyl (C=O) groups excluding carboxylic acids is 1. The molecule has 0 saturated carbocycles. The second kappa shape index (κ2) is 9.26. The van der Waals surface area contributed by atoms with Crippen molar-refractivity contribution >= 4 is 5.91 Å². The molecule has 3 aromatic rings. The predicted molar refractivity (Wildman–Crippen MR) is 120 cm³/mol. The number of nitrogens with zero attached hydrogens (tertiary/aromatic N) is 3. The fourth-order valence-electron chi connectivity index (χ4n) is 4.29. The normalized spacial score (nSPS) is 17.1. The number of amides is 1. The molecule has 1 aromatic heterocycles. The van der Waals surface area contributed by atoms with Crippen LogP contribution in [0, 0.1) is 12.8 Å². The number of carbonyl (C=O) groups is 1. The zero-order chi connectivity index (χ0) is 20.9. The van der Waals surface area contributed by atoms with E-state index in [9.17, 15) is 4.79 Å². The third kappa shape index (κ3) is 4.97. The van der Waals surface area contributed by atoms with Crippen molar-refractivity contribution in [1.82, 2.24) is 20.0 Å². The first-order valence-electron chi connectivity index (χ1n) is 10.7. The highest BCUT2D eigenvalue weighted by molar-refractivity contribution is 5.94. The minimum atomic E-state index is 0.00911. The van der Waals surface area contributed by atoms with Gasteiger partial charge in [-0.05, 0) is 55.5 Å². The molecule has 0 aliphatic carbocycles. The number of aryl methyl sites for hydroxylation is 2. The largest absolute Gasteiger partial charge is 0.352 e. The average Bonchev–Trinajstić information content (AvgIpc) is 3.09. The van der Waals surface area contributed by atoms with E-state index in [-0.39, 0.29) is 5.91 Å². The van der Waals surface area contributed by atoms with Gasteiger partial charge in [0.1, 0.15) is 0 Å². The second-order valence-corrected chi connectivity index (χ2v) is 8.31. The molecule has 1 N–H and O–H groups in total. The highest BCUT2D eigenvalue weighted by Gasteiger charge is 2.21. The van der Waals surface area contributed by atoms with Crippen molar-refractivity contribution in [3.63, 3.8) is 0 Å². The van der Waals surface area contributed by atoms with Crippen molar-refractivity contribution in [1.29, 1.82) is 0 Å². The van der Waals surface area contributed by atoms with Gasteiger partial charge in [-0.25, -0.2) is 0 Å². The van der Waals surface area contributed by atoms with Crippen molar-refractivity contribution in [3.05, 3.63) is 77.6 Å². The Morgan fingerprint density at radius 1 is 1.10 bits per heavy atom. The van der Waals surface area contributed by atoms with Crippen LogP contribution < -0.4 is 5.32 Å². The van der Waals surface area contributed by atoms with Crippen LogP contribution in [-0.2, 0) is 13.6 Å². The highest BCUT2D eigenvalue weighted by atomic mass is 16.1. The highest BCUT2D eigenvalue weighted by Crippen LogP contribution is 2.21. The van der Waals surface area contributed by atoms with E-state index in [2.05, 4.69) is 40.6 Å². The quantitative estimate of drug-likeness (QED) is 0.677. The van der Waals surface area contributed by atoms with Gasteiger partial charge in [0, 0.05) is 44.0 Å². The van der Waals surface area contributed by atoms with Crippen LogP contribution in [0.25, 0.3) is 11.1 Å². The van der Waals surface area contributed by atoms with E-state index >= 15 is 0 Å². The van der Waals surface area contributed by atoms with Crippen LogP contribution >= 0.6 is 0 Å². The van der Waals surface area contributed by atoms with Crippen LogP contribution in [0.4, 0.5) is 0 Å². The zero-order valence-corrected chi connectivity index (χ0v) is 17.8. The third-order valence-corrected chi connectivity index (χ3v) is 5.92. The Morgan fingerprint density at radius 2 is 1.83 bits per heavy atom. The predicted octanol–water partition coefficient (Wildman–Crippen LogP) is 4.04. The molecule has 1 amide bonds. The Morgan fingerprint density at radius 3 is 2.53 bits per heavy atom. The fourth-order valence-corrected chi connectivity index (χ4v) is 4.29. The summed E-state index contributed by atoms with van der Waals surface area (Å²) in [7, 11) is 1.97. The topological polar surface area (TPSA) is 50.2 Å². The molecular formula is C25H30N4O. The standard InChI is InChI=1S/C25H30N4O/c1-19-24(17-28(2)27-19)18-29-14-6-7-20(16-29)15-26-25(30)23-12-10-22(11-13-23)21-8-4-3-5-9-21/h3-5,8-13,17,20H,6-7,14-16,18H2,1-2H3,(H,26,30)/t20-/m0/s1. The van der Waals surface area contributed by atoms with Gasteiger partial charge in [0.15, 0.2) is 0 Å². The summed E-state index contributed by atoms with van der Waals surface area (Å²) in [5.74, 6) is 0.498. The van der Waals surface area contributed by atoms with Crippen LogP contribution in [0.15, 0.2) is 60.8 Å². The molecule has 2 heterocycles. The summed E-state index contributed by atoms with van der Waals surface area (Å²) in [6.07, 6.45) is 4.45. The van der Waals surface area contributed by atoms with E-state index in [4.69, 9.17) is 0 Å². The monoisotopic (exact) mass is 402 g/mol. The van der Waals surface area contributed by atoms with Crippen molar-refractivity contribution < 1.29 is 4.79 Å². The Labute approximate surface area is 178 Å². The smallest absolute Gasteiger partial charge is 0.251 e. The van der Waals surface area contributed by atoms with E-state index < -0.39 is 0 Å². The lowest BCUT2D eigenvalue weighted by atomic mass is 9.97. The summed E-state index contributed by atoms with van der Waals surface area (Å²) >= 11 is 0. The Hall–Kier alpha value is -2.92. The number of piperidine rings is 1. The number of aromatic nitrogens is 2. The molecule has 1 fully saturated rings. The summed E-state index contributed by atoms with van der Waals surface area (Å²) < 4.78 is 1.88. The molecule has 5 nitrogen and oxygen atoms in total. The average molecular weight is 403 g/mol. The van der Waals surface area contributed by atoms with Gasteiger partial charge in [-0.3, -0.25) is 14.4 Å². The van der Waals surface area contributed by atoms with Gasteiger partial charge >= 0.3 is 0 Å². The first-order valence-corrected chi connectivity index (χ1v) is 10.7. The number of hydrogen-bond acceptors (Lipinski definition) is 3. The Kier molecular flexibility index (Phi) is 6.29. The molecule has 0 radical (unpaired) electrons. The molecule has 0 unspecified atom stereocenters. The maximum atomic E-state index is 12.6. The van der Waals surface area contributed by atoms with Crippen LogP contribution in [0.5, 0.6) is 0 Å². The third-order valence-electron chi connectivity index (χ3n) is 5.92. The molecule has 1 aliphatic heterocycles. The van der Waals surface area contributed by atoms with Crippen LogP contribution in [0.3, 0.4) is 0 Å². The van der Waals surface area contributed by atoms with Gasteiger partial charge < -0.3 is 5.32 Å². The van der Waals surface area contributed by atoms with Crippen LogP contribution in [0.2, 0.25) is 0 Å². The van der Waals surface area contributed by atoms with E-state index in [0.29, 0.717) is 11.5 Å². The summed E-state index contributed by atoms with van der Waals surface area (Å²) in [5.41, 5.74) is 5.40. The van der Waals surface area contributed by atoms with E-state index in [1.54, 1.807) is 0 Å². The maximum absolute atomic E-state index is 12.6. The minimum Gasteiger partial charge on any atom is -0.352 e. The molecule has 156 valence electrons. The number of hydrogen-bond donors (Lipinski definition) is 1. The van der Waals surface area contributed by atoms with Crippen molar-refractivity contribution in [3.8, 4) is 11.1 Å². The van der Waals surface area contributed by atoms with Crippen molar-refractivity contribution in [2.24, 2.45) is 13.0 Å². The van der Waals surface area contributed by atoms with E-state index in [1.165, 1.54) is 12.0 Å². The molecule has 2 aromatic carbocycles. The molecule has 1 saturated heterocycles. The first-order chi connectivity index (χ1) is 14.6. The fraction of sp³-hybridized carbons (Fsp3) is 0.360. The van der Waals surface area contributed by atoms with Crippen molar-refractivity contribution in [2.45, 2.75) is 26.3 Å². The summed E-state index contributed by atoms with van der Waals surface area (Å²) in [6.45, 7) is 5.86. The lowest BCUT2D eigenvalue weighted by Crippen LogP contribution is -2.40. The molecule has 1 aliphatic rings. The molecule has 1 atom stereocenters. The van der Waals surface area contributed by atoms with Gasteiger partial charge in [0.2, 0.25) is 0 Å². The number of rotatable bonds is 6.